The molecule has 0 aliphatic heterocycles. The van der Waals surface area contributed by atoms with Gasteiger partial charge < -0.3 is 0 Å². The molecule has 0 atom stereocenters. The molecule has 2 aromatic carbocycles. The molecule has 0 spiro atoms. The predicted octanol–water partition coefficient (Wildman–Crippen LogP) is 5.52. The van der Waals surface area contributed by atoms with Gasteiger partial charge in [-0.25, -0.2) is 4.39 Å². The van der Waals surface area contributed by atoms with Crippen molar-refractivity contribution >= 4 is 10.8 Å². The normalized spacial score (nSPS) is 11.5. The molecule has 0 N–H and O–H groups in total. The van der Waals surface area contributed by atoms with Crippen LogP contribution in [0.4, 0.5) is 4.39 Å². The zero-order valence-corrected chi connectivity index (χ0v) is 15.4. The van der Waals surface area contributed by atoms with Crippen LogP contribution in [0.2, 0.25) is 0 Å². The zero-order valence-electron chi connectivity index (χ0n) is 15.4. The minimum absolute atomic E-state index is 0.189. The average molecular weight is 322 g/mol. The lowest BCUT2D eigenvalue weighted by Crippen LogP contribution is -2.35. The van der Waals surface area contributed by atoms with Crippen molar-refractivity contribution in [3.05, 3.63) is 64.6 Å². The van der Waals surface area contributed by atoms with Crippen molar-refractivity contribution < 1.29 is 8.96 Å². The van der Waals surface area contributed by atoms with Crippen molar-refractivity contribution in [3.8, 4) is 11.3 Å². The van der Waals surface area contributed by atoms with Gasteiger partial charge in [-0.2, -0.15) is 4.57 Å². The summed E-state index contributed by atoms with van der Waals surface area (Å²) in [5.41, 5.74) is 7.44. The molecule has 1 nitrogen and oxygen atoms in total. The third-order valence-corrected chi connectivity index (χ3v) is 5.11. The Balaban J connectivity index is 2.44. The summed E-state index contributed by atoms with van der Waals surface area (Å²) >= 11 is 0. The van der Waals surface area contributed by atoms with Crippen LogP contribution in [0.3, 0.4) is 0 Å². The number of benzene rings is 2. The van der Waals surface area contributed by atoms with Crippen LogP contribution in [0.25, 0.3) is 22.0 Å². The third kappa shape index (κ3) is 2.71. The second-order valence-electron chi connectivity index (χ2n) is 7.09. The summed E-state index contributed by atoms with van der Waals surface area (Å²) in [6.07, 6.45) is 0. The number of hydrogen-bond donors (Lipinski definition) is 0. The lowest BCUT2D eigenvalue weighted by atomic mass is 9.90. The molecule has 1 heterocycles. The van der Waals surface area contributed by atoms with Gasteiger partial charge in [0.25, 0.3) is 0 Å². The fourth-order valence-corrected chi connectivity index (χ4v) is 3.34. The van der Waals surface area contributed by atoms with E-state index < -0.39 is 0 Å². The van der Waals surface area contributed by atoms with Gasteiger partial charge >= 0.3 is 0 Å². The fourth-order valence-electron chi connectivity index (χ4n) is 3.34. The average Bonchev–Trinajstić information content (AvgIpc) is 2.51. The minimum atomic E-state index is -0.189. The first kappa shape index (κ1) is 16.6. The maximum Gasteiger partial charge on any atom is 0.220 e. The van der Waals surface area contributed by atoms with Crippen molar-refractivity contribution in [2.24, 2.45) is 7.05 Å². The first-order chi connectivity index (χ1) is 11.3. The Labute approximate surface area is 143 Å². The molecule has 1 aromatic heterocycles. The third-order valence-electron chi connectivity index (χ3n) is 5.11. The molecule has 24 heavy (non-hydrogen) atoms. The van der Waals surface area contributed by atoms with Gasteiger partial charge in [0.15, 0.2) is 5.69 Å². The van der Waals surface area contributed by atoms with Gasteiger partial charge in [0, 0.05) is 13.0 Å². The lowest BCUT2D eigenvalue weighted by Gasteiger charge is -2.15. The highest BCUT2D eigenvalue weighted by Gasteiger charge is 2.21. The fraction of sp³-hybridized carbons (Fsp3) is 0.318. The van der Waals surface area contributed by atoms with Gasteiger partial charge in [-0.05, 0) is 66.1 Å². The lowest BCUT2D eigenvalue weighted by molar-refractivity contribution is -0.665. The largest absolute Gasteiger partial charge is 0.220 e. The molecule has 3 rings (SSSR count). The van der Waals surface area contributed by atoms with Gasteiger partial charge in [-0.15, -0.1) is 0 Å². The van der Waals surface area contributed by atoms with E-state index in [0.717, 1.165) is 22.2 Å². The van der Waals surface area contributed by atoms with Gasteiger partial charge in [-0.1, -0.05) is 19.9 Å². The smallest absolute Gasteiger partial charge is 0.207 e. The molecule has 0 aliphatic carbocycles. The summed E-state index contributed by atoms with van der Waals surface area (Å²) in [6, 6.07) is 11.7. The van der Waals surface area contributed by atoms with Crippen LogP contribution in [0.15, 0.2) is 36.4 Å². The summed E-state index contributed by atoms with van der Waals surface area (Å²) in [5.74, 6) is 0.285. The SMILES string of the molecule is Cc1cc(C(C)C)cc(-c2c3ccc(F)cc3cc(C)[n+]2C)c1C. The van der Waals surface area contributed by atoms with Crippen molar-refractivity contribution in [1.29, 1.82) is 0 Å². The maximum absolute atomic E-state index is 13.7. The molecule has 3 aromatic rings. The Bertz CT molecular complexity index is 939. The number of hydrogen-bond acceptors (Lipinski definition) is 0. The molecule has 0 bridgehead atoms. The molecule has 124 valence electrons. The van der Waals surface area contributed by atoms with Gasteiger partial charge in [0.1, 0.15) is 12.9 Å². The molecule has 0 aliphatic rings. The predicted molar refractivity (Wildman–Crippen MR) is 98.8 cm³/mol. The monoisotopic (exact) mass is 322 g/mol. The highest BCUT2D eigenvalue weighted by atomic mass is 19.1. The van der Waals surface area contributed by atoms with E-state index in [4.69, 9.17) is 0 Å². The first-order valence-corrected chi connectivity index (χ1v) is 8.50. The number of fused-ring (bicyclic) bond motifs is 1. The summed E-state index contributed by atoms with van der Waals surface area (Å²) in [6.45, 7) is 10.9. The Morgan fingerprint density at radius 3 is 2.33 bits per heavy atom. The first-order valence-electron chi connectivity index (χ1n) is 8.50. The zero-order chi connectivity index (χ0) is 17.6. The van der Waals surface area contributed by atoms with Crippen LogP contribution >= 0.6 is 0 Å². The molecular formula is C22H25FN+. The highest BCUT2D eigenvalue weighted by Crippen LogP contribution is 2.33. The standard InChI is InChI=1S/C22H25FN/c1-13(2)17-9-14(3)16(5)21(12-17)22-20-8-7-19(23)11-18(20)10-15(4)24(22)6/h7-13H,1-6H3/q+1. The number of nitrogens with zero attached hydrogens (tertiary/aromatic N) is 1. The highest BCUT2D eigenvalue weighted by molar-refractivity contribution is 5.94. The molecule has 0 unspecified atom stereocenters. The summed E-state index contributed by atoms with van der Waals surface area (Å²) in [5, 5.41) is 2.04. The van der Waals surface area contributed by atoms with Gasteiger partial charge in [0.05, 0.1) is 10.9 Å². The van der Waals surface area contributed by atoms with Crippen LogP contribution in [0, 0.1) is 26.6 Å². The Hall–Kier alpha value is -2.22. The Morgan fingerprint density at radius 1 is 0.958 bits per heavy atom. The van der Waals surface area contributed by atoms with Crippen LogP contribution < -0.4 is 4.57 Å². The van der Waals surface area contributed by atoms with Crippen molar-refractivity contribution in [2.75, 3.05) is 0 Å². The number of pyridine rings is 1. The summed E-state index contributed by atoms with van der Waals surface area (Å²) in [4.78, 5) is 0. The second-order valence-corrected chi connectivity index (χ2v) is 7.09. The number of halogens is 1. The van der Waals surface area contributed by atoms with Crippen molar-refractivity contribution in [2.45, 2.75) is 40.5 Å². The maximum atomic E-state index is 13.7. The van der Waals surface area contributed by atoms with E-state index in [9.17, 15) is 4.39 Å². The topological polar surface area (TPSA) is 3.88 Å². The molecule has 0 saturated heterocycles. The molecule has 2 heteroatoms. The molecule has 0 saturated carbocycles. The number of rotatable bonds is 2. The van der Waals surface area contributed by atoms with Crippen molar-refractivity contribution in [3.63, 3.8) is 0 Å². The molecule has 0 amide bonds. The summed E-state index contributed by atoms with van der Waals surface area (Å²) in [7, 11) is 2.09. The number of aromatic nitrogens is 1. The Morgan fingerprint density at radius 2 is 1.67 bits per heavy atom. The van der Waals surface area contributed by atoms with E-state index in [1.807, 2.05) is 6.07 Å². The quantitative estimate of drug-likeness (QED) is 0.547. The minimum Gasteiger partial charge on any atom is -0.207 e. The molecule has 0 fully saturated rings. The van der Waals surface area contributed by atoms with Crippen LogP contribution in [-0.4, -0.2) is 0 Å². The van der Waals surface area contributed by atoms with E-state index in [-0.39, 0.29) is 5.82 Å². The summed E-state index contributed by atoms with van der Waals surface area (Å²) < 4.78 is 15.9. The van der Waals surface area contributed by atoms with E-state index in [1.165, 1.54) is 22.3 Å². The number of aryl methyl sites for hydroxylation is 2. The Kier molecular flexibility index (Phi) is 4.16. The molecule has 0 radical (unpaired) electrons. The van der Waals surface area contributed by atoms with Crippen LogP contribution in [0.1, 0.15) is 42.1 Å². The second kappa shape index (κ2) is 6.01. The van der Waals surface area contributed by atoms with Crippen molar-refractivity contribution in [1.82, 2.24) is 0 Å². The molecular weight excluding hydrogens is 297 g/mol. The van der Waals surface area contributed by atoms with E-state index in [0.29, 0.717) is 5.92 Å². The van der Waals surface area contributed by atoms with E-state index in [2.05, 4.69) is 64.4 Å². The van der Waals surface area contributed by atoms with Crippen LogP contribution in [-0.2, 0) is 7.05 Å². The van der Waals surface area contributed by atoms with Gasteiger partial charge in [0.2, 0.25) is 5.69 Å². The van der Waals surface area contributed by atoms with Crippen LogP contribution in [0.5, 0.6) is 0 Å². The van der Waals surface area contributed by atoms with Gasteiger partial charge in [-0.3, -0.25) is 0 Å². The van der Waals surface area contributed by atoms with E-state index >= 15 is 0 Å². The van der Waals surface area contributed by atoms with E-state index in [1.54, 1.807) is 12.1 Å².